The van der Waals surface area contributed by atoms with Gasteiger partial charge in [0.25, 0.3) is 0 Å². The summed E-state index contributed by atoms with van der Waals surface area (Å²) in [5.41, 5.74) is 0. The van der Waals surface area contributed by atoms with Gasteiger partial charge in [-0.2, -0.15) is 0 Å². The first-order valence-electron chi connectivity index (χ1n) is 28.6. The van der Waals surface area contributed by atoms with Crippen LogP contribution in [0.2, 0.25) is 0 Å². The lowest BCUT2D eigenvalue weighted by molar-refractivity contribution is -0.160. The minimum absolute atomic E-state index is 0.312. The molecule has 0 saturated carbocycles. The summed E-state index contributed by atoms with van der Waals surface area (Å²) in [5, 5.41) is 0. The van der Waals surface area contributed by atoms with Crippen molar-refractivity contribution in [1.82, 2.24) is 0 Å². The molecule has 0 unspecified atom stereocenters. The summed E-state index contributed by atoms with van der Waals surface area (Å²) in [7, 11) is 0. The van der Waals surface area contributed by atoms with Gasteiger partial charge in [-0.3, -0.25) is 0 Å². The lowest BCUT2D eigenvalue weighted by Crippen LogP contribution is -2.29. The average Bonchev–Trinajstić information content (AvgIpc) is 3.41. The minimum Gasteiger partial charge on any atom is -0.458 e. The Morgan fingerprint density at radius 1 is 0.267 bits per heavy atom. The molecule has 0 bridgehead atoms. The van der Waals surface area contributed by atoms with Crippen LogP contribution in [0.5, 0.6) is 0 Å². The van der Waals surface area contributed by atoms with Crippen molar-refractivity contribution in [2.75, 3.05) is 13.2 Å². The molecule has 0 spiro atoms. The third kappa shape index (κ3) is 58.5. The van der Waals surface area contributed by atoms with Crippen LogP contribution < -0.4 is 0 Å². The molecule has 0 aromatic heterocycles. The first kappa shape index (κ1) is 68.7. The fourth-order valence-corrected chi connectivity index (χ4v) is 6.89. The van der Waals surface area contributed by atoms with E-state index in [1.54, 1.807) is 54.7 Å². The van der Waals surface area contributed by atoms with Crippen LogP contribution in [0.25, 0.3) is 0 Å². The highest BCUT2D eigenvalue weighted by Gasteiger charge is 2.17. The van der Waals surface area contributed by atoms with E-state index in [0.717, 1.165) is 19.3 Å². The number of carbonyl (C=O) groups is 3. The molecule has 6 nitrogen and oxygen atoms in total. The van der Waals surface area contributed by atoms with E-state index in [4.69, 9.17) is 14.2 Å². The number of unbranched alkanes of at least 4 members (excludes halogenated alkanes) is 21. The lowest BCUT2D eigenvalue weighted by Gasteiger charge is -2.16. The molecule has 0 N–H and O–H groups in total. The van der Waals surface area contributed by atoms with Crippen LogP contribution in [-0.2, 0) is 28.6 Å². The summed E-state index contributed by atoms with van der Waals surface area (Å²) in [6.45, 7) is 6.12. The van der Waals surface area contributed by atoms with Crippen LogP contribution >= 0.6 is 0 Å². The van der Waals surface area contributed by atoms with E-state index in [1.165, 1.54) is 153 Å². The fraction of sp³-hybridized carbons (Fsp3) is 0.435. The van der Waals surface area contributed by atoms with Crippen LogP contribution in [-0.4, -0.2) is 37.2 Å². The molecular weight excluding hydrogens is 925 g/mol. The zero-order valence-electron chi connectivity index (χ0n) is 46.7. The number of allylic oxidation sites excluding steroid dienone is 33. The molecule has 0 aliphatic carbocycles. The Morgan fingerprint density at radius 3 is 0.747 bits per heavy atom. The number of esters is 3. The maximum atomic E-state index is 12.7. The monoisotopic (exact) mass is 1020 g/mol. The van der Waals surface area contributed by atoms with Gasteiger partial charge in [0, 0.05) is 18.2 Å². The van der Waals surface area contributed by atoms with E-state index >= 15 is 0 Å². The zero-order chi connectivity index (χ0) is 54.3. The molecule has 0 rings (SSSR count). The normalized spacial score (nSPS) is 13.4. The van der Waals surface area contributed by atoms with Crippen LogP contribution in [0.3, 0.4) is 0 Å². The highest BCUT2D eigenvalue weighted by atomic mass is 16.6. The fourth-order valence-electron chi connectivity index (χ4n) is 6.89. The second kappa shape index (κ2) is 60.3. The van der Waals surface area contributed by atoms with Crippen molar-refractivity contribution in [2.45, 2.75) is 181 Å². The summed E-state index contributed by atoms with van der Waals surface area (Å²) < 4.78 is 16.2. The van der Waals surface area contributed by atoms with Crippen molar-refractivity contribution in [3.63, 3.8) is 0 Å². The highest BCUT2D eigenvalue weighted by Crippen LogP contribution is 2.11. The van der Waals surface area contributed by atoms with Crippen molar-refractivity contribution < 1.29 is 28.6 Å². The predicted octanol–water partition coefficient (Wildman–Crippen LogP) is 19.4. The first-order chi connectivity index (χ1) is 37.0. The molecule has 0 aromatic carbocycles. The highest BCUT2D eigenvalue weighted by molar-refractivity contribution is 5.84. The van der Waals surface area contributed by atoms with Crippen LogP contribution in [0.1, 0.15) is 175 Å². The van der Waals surface area contributed by atoms with Crippen LogP contribution in [0.15, 0.2) is 219 Å². The summed E-state index contributed by atoms with van der Waals surface area (Å²) in [6, 6.07) is 0. The Hall–Kier alpha value is -6.27. The summed E-state index contributed by atoms with van der Waals surface area (Å²) in [5.74, 6) is -1.96. The van der Waals surface area contributed by atoms with Crippen LogP contribution in [0.4, 0.5) is 0 Å². The van der Waals surface area contributed by atoms with Gasteiger partial charge in [0.2, 0.25) is 0 Å². The van der Waals surface area contributed by atoms with Crippen molar-refractivity contribution in [2.24, 2.45) is 0 Å². The number of hydrogen-bond acceptors (Lipinski definition) is 6. The van der Waals surface area contributed by atoms with Gasteiger partial charge in [-0.1, -0.05) is 337 Å². The standard InChI is InChI=1S/C69H98O6/c1-4-7-10-13-16-19-22-25-28-31-34-37-40-43-46-49-52-55-58-61-67(70)73-64-66(75-69(72)63-60-57-54-51-48-45-42-39-36-33-30-27-24-21-18-15-12-9-6-3)65-74-68(71)62-59-56-53-50-47-44-41-38-35-32-29-26-23-20-17-14-11-8-5-2/h28-63,66H,4-27,64-65H2,1-3H3/b31-28+,32-29+,33-30+,37-34+,38-35+,39-36+,43-40+,44-41+,45-42+,49-46+,50-47+,51-48+,55-52+,56-53+,57-54+,61-58+,62-59+,63-60+. The number of carbonyl (C=O) groups excluding carboxylic acids is 3. The van der Waals surface area contributed by atoms with Crippen molar-refractivity contribution in [3.05, 3.63) is 219 Å². The van der Waals surface area contributed by atoms with Gasteiger partial charge >= 0.3 is 17.9 Å². The van der Waals surface area contributed by atoms with Crippen LogP contribution in [0, 0.1) is 0 Å². The first-order valence-corrected chi connectivity index (χ1v) is 28.6. The minimum atomic E-state index is -1.03. The van der Waals surface area contributed by atoms with Crippen molar-refractivity contribution in [1.29, 1.82) is 0 Å². The predicted molar refractivity (Wildman–Crippen MR) is 324 cm³/mol. The molecular formula is C69H98O6. The van der Waals surface area contributed by atoms with Crippen molar-refractivity contribution >= 4 is 17.9 Å². The van der Waals surface area contributed by atoms with Gasteiger partial charge in [-0.15, -0.1) is 0 Å². The van der Waals surface area contributed by atoms with Gasteiger partial charge in [-0.25, -0.2) is 14.4 Å². The Bertz CT molecular complexity index is 1850. The largest absolute Gasteiger partial charge is 0.458 e. The quantitative estimate of drug-likeness (QED) is 0.0199. The smallest absolute Gasteiger partial charge is 0.331 e. The third-order valence-electron chi connectivity index (χ3n) is 11.1. The molecule has 0 amide bonds. The van der Waals surface area contributed by atoms with E-state index in [0.29, 0.717) is 0 Å². The maximum Gasteiger partial charge on any atom is 0.331 e. The van der Waals surface area contributed by atoms with Gasteiger partial charge in [0.05, 0.1) is 0 Å². The molecule has 0 radical (unpaired) electrons. The maximum absolute atomic E-state index is 12.7. The third-order valence-corrected chi connectivity index (χ3v) is 11.1. The molecule has 0 fully saturated rings. The molecule has 75 heavy (non-hydrogen) atoms. The molecule has 0 aliphatic rings. The number of rotatable bonds is 47. The van der Waals surface area contributed by atoms with Gasteiger partial charge in [0.15, 0.2) is 6.10 Å². The molecule has 0 aromatic rings. The summed E-state index contributed by atoms with van der Waals surface area (Å²) in [4.78, 5) is 37.7. The number of ether oxygens (including phenoxy) is 3. The van der Waals surface area contributed by atoms with E-state index < -0.39 is 24.0 Å². The average molecular weight is 1020 g/mol. The van der Waals surface area contributed by atoms with Gasteiger partial charge in [0.1, 0.15) is 13.2 Å². The van der Waals surface area contributed by atoms with Crippen molar-refractivity contribution in [3.8, 4) is 0 Å². The van der Waals surface area contributed by atoms with E-state index in [-0.39, 0.29) is 13.2 Å². The van der Waals surface area contributed by atoms with E-state index in [9.17, 15) is 14.4 Å². The number of hydrogen-bond donors (Lipinski definition) is 0. The van der Waals surface area contributed by atoms with E-state index in [2.05, 4.69) is 57.2 Å². The molecule has 410 valence electrons. The van der Waals surface area contributed by atoms with Gasteiger partial charge in [-0.05, 0) is 38.5 Å². The Kier molecular flexibility index (Phi) is 55.2. The molecule has 6 heteroatoms. The zero-order valence-corrected chi connectivity index (χ0v) is 46.7. The molecule has 0 saturated heterocycles. The molecule has 0 atom stereocenters. The summed E-state index contributed by atoms with van der Waals surface area (Å²) >= 11 is 0. The topological polar surface area (TPSA) is 78.9 Å². The second-order valence-corrected chi connectivity index (χ2v) is 18.0. The Morgan fingerprint density at radius 2 is 0.480 bits per heavy atom. The van der Waals surface area contributed by atoms with E-state index in [1.807, 2.05) is 109 Å². The Balaban J connectivity index is 5.05. The lowest BCUT2D eigenvalue weighted by atomic mass is 10.1. The van der Waals surface area contributed by atoms with Gasteiger partial charge < -0.3 is 14.2 Å². The SMILES string of the molecule is CCCCCCCCC/C=C/C=C/C=C/C=C/C=C/C=C/C(=O)OCC(COC(=O)/C=C/C=C/C=C/C=C/C=C/C=C/CCCCCCCCC)OC(=O)/C=C/C=C/C=C/C=C/C=C/C=C/CCCCCCCCC. The Labute approximate surface area is 457 Å². The second-order valence-electron chi connectivity index (χ2n) is 18.0. The molecule has 0 heterocycles. The molecule has 0 aliphatic heterocycles. The summed E-state index contributed by atoms with van der Waals surface area (Å²) in [6.07, 6.45) is 96.8.